The largest absolute Gasteiger partial charge is 0.375 e. The molecule has 0 aliphatic heterocycles. The van der Waals surface area contributed by atoms with Crippen LogP contribution >= 0.6 is 11.3 Å². The summed E-state index contributed by atoms with van der Waals surface area (Å²) < 4.78 is 5.25. The van der Waals surface area contributed by atoms with E-state index in [9.17, 15) is 10.1 Å². The van der Waals surface area contributed by atoms with Gasteiger partial charge in [-0.15, -0.1) is 0 Å². The zero-order valence-corrected chi connectivity index (χ0v) is 9.75. The monoisotopic (exact) mass is 243 g/mol. The highest BCUT2D eigenvalue weighted by Crippen LogP contribution is 2.24. The molecular formula is C9H13N3O3S. The van der Waals surface area contributed by atoms with Gasteiger partial charge >= 0.3 is 5.00 Å². The molecule has 1 aromatic rings. The van der Waals surface area contributed by atoms with Gasteiger partial charge in [0.2, 0.25) is 0 Å². The molecular weight excluding hydrogens is 230 g/mol. The number of hydrogen-bond acceptors (Lipinski definition) is 6. The number of nitro groups is 1. The lowest BCUT2D eigenvalue weighted by Gasteiger charge is -2.03. The molecule has 7 heteroatoms. The van der Waals surface area contributed by atoms with Crippen molar-refractivity contribution >= 4 is 21.5 Å². The predicted molar refractivity (Wildman–Crippen MR) is 62.9 cm³/mol. The molecule has 0 aliphatic rings. The van der Waals surface area contributed by atoms with Gasteiger partial charge in [-0.05, 0) is 18.3 Å². The summed E-state index contributed by atoms with van der Waals surface area (Å²) in [6, 6.07) is 0. The lowest BCUT2D eigenvalue weighted by atomic mass is 10.4. The van der Waals surface area contributed by atoms with Crippen molar-refractivity contribution in [3.8, 4) is 0 Å². The topological polar surface area (TPSA) is 77.3 Å². The van der Waals surface area contributed by atoms with E-state index >= 15 is 0 Å². The maximum Gasteiger partial charge on any atom is 0.345 e. The molecule has 0 spiro atoms. The molecule has 1 N–H and O–H groups in total. The van der Waals surface area contributed by atoms with Crippen LogP contribution in [-0.2, 0) is 4.74 Å². The van der Waals surface area contributed by atoms with Gasteiger partial charge in [-0.2, -0.15) is 0 Å². The predicted octanol–water partition coefficient (Wildman–Crippen LogP) is 2.06. The lowest BCUT2D eigenvalue weighted by molar-refractivity contribution is -0.380. The van der Waals surface area contributed by atoms with Crippen molar-refractivity contribution in [2.75, 3.05) is 25.1 Å². The van der Waals surface area contributed by atoms with Gasteiger partial charge in [0.1, 0.15) is 6.20 Å². The standard InChI is InChI=1S/C9H13N3O3S/c1-7(2)6-15-4-3-10-9-11-5-8(16-9)12(13)14/h5H,1,3-4,6H2,2H3,(H,10,11). The van der Waals surface area contributed by atoms with E-state index in [1.807, 2.05) is 6.92 Å². The summed E-state index contributed by atoms with van der Waals surface area (Å²) in [5.74, 6) is 0. The second-order valence-electron chi connectivity index (χ2n) is 3.20. The number of ether oxygens (including phenoxy) is 1. The minimum atomic E-state index is -0.458. The zero-order chi connectivity index (χ0) is 12.0. The van der Waals surface area contributed by atoms with Crippen LogP contribution in [0, 0.1) is 10.1 Å². The van der Waals surface area contributed by atoms with Gasteiger partial charge in [0.15, 0.2) is 5.13 Å². The minimum Gasteiger partial charge on any atom is -0.375 e. The molecule has 0 fully saturated rings. The van der Waals surface area contributed by atoms with Crippen LogP contribution in [0.4, 0.5) is 10.1 Å². The number of rotatable bonds is 7. The highest BCUT2D eigenvalue weighted by molar-refractivity contribution is 7.18. The lowest BCUT2D eigenvalue weighted by Crippen LogP contribution is -2.09. The maximum atomic E-state index is 10.4. The molecule has 1 rings (SSSR count). The van der Waals surface area contributed by atoms with E-state index in [1.54, 1.807) is 0 Å². The van der Waals surface area contributed by atoms with Gasteiger partial charge in [-0.1, -0.05) is 12.2 Å². The van der Waals surface area contributed by atoms with E-state index < -0.39 is 4.92 Å². The first kappa shape index (κ1) is 12.6. The average Bonchev–Trinajstić information content (AvgIpc) is 2.65. The highest BCUT2D eigenvalue weighted by Gasteiger charge is 2.10. The third-order valence-electron chi connectivity index (χ3n) is 1.54. The Morgan fingerprint density at radius 2 is 2.56 bits per heavy atom. The molecule has 1 heterocycles. The SMILES string of the molecule is C=C(C)COCCNc1ncc([N+](=O)[O-])s1. The van der Waals surface area contributed by atoms with Crippen molar-refractivity contribution in [2.24, 2.45) is 0 Å². The van der Waals surface area contributed by atoms with Crippen LogP contribution in [0.2, 0.25) is 0 Å². The summed E-state index contributed by atoms with van der Waals surface area (Å²) in [6.45, 7) is 7.20. The van der Waals surface area contributed by atoms with Crippen LogP contribution < -0.4 is 5.32 Å². The molecule has 0 aliphatic carbocycles. The fourth-order valence-corrected chi connectivity index (χ4v) is 1.57. The minimum absolute atomic E-state index is 0.0327. The van der Waals surface area contributed by atoms with Gasteiger partial charge in [0, 0.05) is 6.54 Å². The Morgan fingerprint density at radius 1 is 1.81 bits per heavy atom. The number of anilines is 1. The first-order valence-electron chi connectivity index (χ1n) is 4.66. The van der Waals surface area contributed by atoms with Crippen molar-refractivity contribution in [1.29, 1.82) is 0 Å². The number of nitrogens with one attached hydrogen (secondary N) is 1. The van der Waals surface area contributed by atoms with Crippen LogP contribution in [0.25, 0.3) is 0 Å². The van der Waals surface area contributed by atoms with Gasteiger partial charge in [-0.25, -0.2) is 4.98 Å². The Hall–Kier alpha value is -1.47. The fraction of sp³-hybridized carbons (Fsp3) is 0.444. The summed E-state index contributed by atoms with van der Waals surface area (Å²) in [5.41, 5.74) is 0.963. The number of thiazole rings is 1. The van der Waals surface area contributed by atoms with E-state index in [4.69, 9.17) is 4.74 Å². The molecule has 0 saturated carbocycles. The Labute approximate surface area is 97.1 Å². The normalized spacial score (nSPS) is 10.1. The average molecular weight is 243 g/mol. The van der Waals surface area contributed by atoms with E-state index in [0.29, 0.717) is 24.9 Å². The van der Waals surface area contributed by atoms with Crippen molar-refractivity contribution < 1.29 is 9.66 Å². The fourth-order valence-electron chi connectivity index (χ4n) is 0.908. The molecule has 16 heavy (non-hydrogen) atoms. The molecule has 6 nitrogen and oxygen atoms in total. The first-order chi connectivity index (χ1) is 7.59. The van der Waals surface area contributed by atoms with Crippen LogP contribution in [0.15, 0.2) is 18.3 Å². The highest BCUT2D eigenvalue weighted by atomic mass is 32.1. The van der Waals surface area contributed by atoms with Crippen LogP contribution in [0.3, 0.4) is 0 Å². The summed E-state index contributed by atoms with van der Waals surface area (Å²) >= 11 is 1.01. The van der Waals surface area contributed by atoms with Crippen LogP contribution in [0.1, 0.15) is 6.92 Å². The molecule has 0 bridgehead atoms. The molecule has 0 amide bonds. The summed E-state index contributed by atoms with van der Waals surface area (Å²) in [6.07, 6.45) is 1.24. The molecule has 1 aromatic heterocycles. The second-order valence-corrected chi connectivity index (χ2v) is 4.21. The van der Waals surface area contributed by atoms with Crippen LogP contribution in [0.5, 0.6) is 0 Å². The van der Waals surface area contributed by atoms with E-state index in [2.05, 4.69) is 16.9 Å². The van der Waals surface area contributed by atoms with E-state index in [0.717, 1.165) is 16.9 Å². The third kappa shape index (κ3) is 4.37. The number of nitrogens with zero attached hydrogens (tertiary/aromatic N) is 2. The molecule has 0 unspecified atom stereocenters. The molecule has 0 aromatic carbocycles. The Bertz CT molecular complexity index is 378. The summed E-state index contributed by atoms with van der Waals surface area (Å²) in [5, 5.41) is 13.9. The number of hydrogen-bond donors (Lipinski definition) is 1. The molecule has 0 saturated heterocycles. The van der Waals surface area contributed by atoms with Gasteiger partial charge in [0.25, 0.3) is 0 Å². The quantitative estimate of drug-likeness (QED) is 0.343. The van der Waals surface area contributed by atoms with Crippen molar-refractivity contribution in [3.05, 3.63) is 28.5 Å². The van der Waals surface area contributed by atoms with Gasteiger partial charge < -0.3 is 10.1 Å². The summed E-state index contributed by atoms with van der Waals surface area (Å²) in [4.78, 5) is 13.8. The van der Waals surface area contributed by atoms with E-state index in [-0.39, 0.29) is 5.00 Å². The van der Waals surface area contributed by atoms with Gasteiger partial charge in [0.05, 0.1) is 18.1 Å². The zero-order valence-electron chi connectivity index (χ0n) is 8.93. The van der Waals surface area contributed by atoms with Crippen LogP contribution in [-0.4, -0.2) is 29.7 Å². The van der Waals surface area contributed by atoms with Crippen molar-refractivity contribution in [1.82, 2.24) is 4.98 Å². The first-order valence-corrected chi connectivity index (χ1v) is 5.47. The Morgan fingerprint density at radius 3 is 3.12 bits per heavy atom. The van der Waals surface area contributed by atoms with Crippen molar-refractivity contribution in [3.63, 3.8) is 0 Å². The third-order valence-corrected chi connectivity index (χ3v) is 2.45. The second kappa shape index (κ2) is 6.19. The maximum absolute atomic E-state index is 10.4. The van der Waals surface area contributed by atoms with Crippen molar-refractivity contribution in [2.45, 2.75) is 6.92 Å². The van der Waals surface area contributed by atoms with Gasteiger partial charge in [-0.3, -0.25) is 10.1 Å². The Balaban J connectivity index is 2.21. The summed E-state index contributed by atoms with van der Waals surface area (Å²) in [7, 11) is 0. The Kier molecular flexibility index (Phi) is 4.87. The molecule has 88 valence electrons. The van der Waals surface area contributed by atoms with E-state index in [1.165, 1.54) is 6.20 Å². The molecule has 0 radical (unpaired) electrons. The number of aromatic nitrogens is 1. The smallest absolute Gasteiger partial charge is 0.345 e. The molecule has 0 atom stereocenters.